The van der Waals surface area contributed by atoms with E-state index >= 15 is 0 Å². The predicted octanol–water partition coefficient (Wildman–Crippen LogP) is 3.99. The number of aryl methyl sites for hydroxylation is 1. The quantitative estimate of drug-likeness (QED) is 0.674. The van der Waals surface area contributed by atoms with Crippen LogP contribution in [0.3, 0.4) is 0 Å². The molecule has 0 saturated carbocycles. The SMILES string of the molecule is Cc1cccc(-c2ccc(F)cc2)c1-n1cccn1. The fourth-order valence-corrected chi connectivity index (χ4v) is 2.23. The monoisotopic (exact) mass is 252 g/mol. The molecule has 2 aromatic carbocycles. The van der Waals surface area contributed by atoms with Crippen molar-refractivity contribution in [2.24, 2.45) is 0 Å². The van der Waals surface area contributed by atoms with Crippen LogP contribution in [0.4, 0.5) is 4.39 Å². The lowest BCUT2D eigenvalue weighted by Crippen LogP contribution is -2.00. The second-order valence-corrected chi connectivity index (χ2v) is 4.43. The molecule has 0 bridgehead atoms. The van der Waals surface area contributed by atoms with E-state index in [2.05, 4.69) is 5.10 Å². The van der Waals surface area contributed by atoms with Crippen LogP contribution in [-0.4, -0.2) is 9.78 Å². The van der Waals surface area contributed by atoms with E-state index in [9.17, 15) is 4.39 Å². The Kier molecular flexibility index (Phi) is 2.88. The Morgan fingerprint density at radius 3 is 2.47 bits per heavy atom. The third kappa shape index (κ3) is 2.15. The highest BCUT2D eigenvalue weighted by Crippen LogP contribution is 2.29. The lowest BCUT2D eigenvalue weighted by atomic mass is 10.0. The number of hydrogen-bond donors (Lipinski definition) is 0. The van der Waals surface area contributed by atoms with E-state index in [-0.39, 0.29) is 5.82 Å². The van der Waals surface area contributed by atoms with E-state index < -0.39 is 0 Å². The summed E-state index contributed by atoms with van der Waals surface area (Å²) in [4.78, 5) is 0. The van der Waals surface area contributed by atoms with Crippen LogP contribution >= 0.6 is 0 Å². The number of para-hydroxylation sites is 1. The maximum Gasteiger partial charge on any atom is 0.123 e. The van der Waals surface area contributed by atoms with Gasteiger partial charge in [-0.2, -0.15) is 5.10 Å². The van der Waals surface area contributed by atoms with Gasteiger partial charge < -0.3 is 0 Å². The van der Waals surface area contributed by atoms with Gasteiger partial charge in [0.2, 0.25) is 0 Å². The standard InChI is InChI=1S/C16H13FN2/c1-12-4-2-5-15(13-6-8-14(17)9-7-13)16(12)19-11-3-10-18-19/h2-11H,1H3. The molecule has 19 heavy (non-hydrogen) atoms. The summed E-state index contributed by atoms with van der Waals surface area (Å²) in [6.45, 7) is 2.05. The average Bonchev–Trinajstić information content (AvgIpc) is 2.93. The molecule has 3 heteroatoms. The smallest absolute Gasteiger partial charge is 0.123 e. The summed E-state index contributed by atoms with van der Waals surface area (Å²) in [5, 5.41) is 4.29. The fraction of sp³-hybridized carbons (Fsp3) is 0.0625. The zero-order chi connectivity index (χ0) is 13.2. The summed E-state index contributed by atoms with van der Waals surface area (Å²) in [6, 6.07) is 14.5. The highest BCUT2D eigenvalue weighted by atomic mass is 19.1. The van der Waals surface area contributed by atoms with Gasteiger partial charge in [-0.3, -0.25) is 0 Å². The first kappa shape index (κ1) is 11.7. The Bertz CT molecular complexity index is 685. The molecule has 0 amide bonds. The zero-order valence-electron chi connectivity index (χ0n) is 10.5. The van der Waals surface area contributed by atoms with Crippen LogP contribution in [0.25, 0.3) is 16.8 Å². The normalized spacial score (nSPS) is 10.6. The molecular formula is C16H13FN2. The number of benzene rings is 2. The Morgan fingerprint density at radius 1 is 1.00 bits per heavy atom. The van der Waals surface area contributed by atoms with Crippen LogP contribution in [0, 0.1) is 12.7 Å². The maximum absolute atomic E-state index is 13.0. The molecule has 0 radical (unpaired) electrons. The van der Waals surface area contributed by atoms with Gasteiger partial charge in [-0.15, -0.1) is 0 Å². The molecule has 0 fully saturated rings. The van der Waals surface area contributed by atoms with Gasteiger partial charge in [0.25, 0.3) is 0 Å². The minimum atomic E-state index is -0.225. The van der Waals surface area contributed by atoms with Crippen LogP contribution < -0.4 is 0 Å². The molecule has 0 aliphatic rings. The van der Waals surface area contributed by atoms with Gasteiger partial charge >= 0.3 is 0 Å². The Morgan fingerprint density at radius 2 is 1.79 bits per heavy atom. The highest BCUT2D eigenvalue weighted by molar-refractivity contribution is 5.74. The first-order valence-electron chi connectivity index (χ1n) is 6.11. The molecule has 0 aliphatic carbocycles. The van der Waals surface area contributed by atoms with Crippen molar-refractivity contribution in [2.45, 2.75) is 6.92 Å². The van der Waals surface area contributed by atoms with Crippen molar-refractivity contribution in [1.29, 1.82) is 0 Å². The Balaban J connectivity index is 2.22. The molecular weight excluding hydrogens is 239 g/mol. The van der Waals surface area contributed by atoms with Gasteiger partial charge in [0.15, 0.2) is 0 Å². The van der Waals surface area contributed by atoms with Gasteiger partial charge in [0.1, 0.15) is 5.82 Å². The van der Waals surface area contributed by atoms with Crippen molar-refractivity contribution in [3.63, 3.8) is 0 Å². The van der Waals surface area contributed by atoms with Crippen molar-refractivity contribution in [1.82, 2.24) is 9.78 Å². The number of nitrogens with zero attached hydrogens (tertiary/aromatic N) is 2. The van der Waals surface area contributed by atoms with Crippen molar-refractivity contribution in [3.8, 4) is 16.8 Å². The summed E-state index contributed by atoms with van der Waals surface area (Å²) >= 11 is 0. The van der Waals surface area contributed by atoms with E-state index in [4.69, 9.17) is 0 Å². The van der Waals surface area contributed by atoms with E-state index in [1.54, 1.807) is 18.3 Å². The first-order chi connectivity index (χ1) is 9.25. The molecule has 94 valence electrons. The van der Waals surface area contributed by atoms with Gasteiger partial charge in [-0.25, -0.2) is 9.07 Å². The molecule has 0 spiro atoms. The van der Waals surface area contributed by atoms with Crippen molar-refractivity contribution >= 4 is 0 Å². The van der Waals surface area contributed by atoms with Gasteiger partial charge in [-0.1, -0.05) is 30.3 Å². The lowest BCUT2D eigenvalue weighted by Gasteiger charge is -2.13. The third-order valence-electron chi connectivity index (χ3n) is 3.13. The number of aromatic nitrogens is 2. The van der Waals surface area contributed by atoms with Crippen LogP contribution in [0.5, 0.6) is 0 Å². The number of rotatable bonds is 2. The molecule has 0 saturated heterocycles. The summed E-state index contributed by atoms with van der Waals surface area (Å²) < 4.78 is 14.9. The largest absolute Gasteiger partial charge is 0.240 e. The van der Waals surface area contributed by atoms with Crippen LogP contribution in [0.1, 0.15) is 5.56 Å². The summed E-state index contributed by atoms with van der Waals surface area (Å²) in [5.74, 6) is -0.225. The average molecular weight is 252 g/mol. The molecule has 0 N–H and O–H groups in total. The predicted molar refractivity (Wildman–Crippen MR) is 73.7 cm³/mol. The molecule has 0 atom stereocenters. The minimum Gasteiger partial charge on any atom is -0.240 e. The minimum absolute atomic E-state index is 0.225. The van der Waals surface area contributed by atoms with Crippen molar-refractivity contribution in [3.05, 3.63) is 72.3 Å². The van der Waals surface area contributed by atoms with Gasteiger partial charge in [0, 0.05) is 18.0 Å². The molecule has 3 rings (SSSR count). The summed E-state index contributed by atoms with van der Waals surface area (Å²) in [7, 11) is 0. The third-order valence-corrected chi connectivity index (χ3v) is 3.13. The molecule has 1 heterocycles. The van der Waals surface area contributed by atoms with E-state index in [0.29, 0.717) is 0 Å². The fourth-order valence-electron chi connectivity index (χ4n) is 2.23. The summed E-state index contributed by atoms with van der Waals surface area (Å²) in [6.07, 6.45) is 3.66. The van der Waals surface area contributed by atoms with Crippen LogP contribution in [-0.2, 0) is 0 Å². The Labute approximate surface area is 111 Å². The molecule has 1 aromatic heterocycles. The highest BCUT2D eigenvalue weighted by Gasteiger charge is 2.09. The van der Waals surface area contributed by atoms with Gasteiger partial charge in [-0.05, 0) is 36.2 Å². The second-order valence-electron chi connectivity index (χ2n) is 4.43. The van der Waals surface area contributed by atoms with Crippen LogP contribution in [0.15, 0.2) is 60.9 Å². The zero-order valence-corrected chi connectivity index (χ0v) is 10.5. The summed E-state index contributed by atoms with van der Waals surface area (Å²) in [5.41, 5.74) is 4.18. The molecule has 3 aromatic rings. The van der Waals surface area contributed by atoms with E-state index in [1.165, 1.54) is 12.1 Å². The second kappa shape index (κ2) is 4.69. The van der Waals surface area contributed by atoms with E-state index in [1.807, 2.05) is 42.1 Å². The van der Waals surface area contributed by atoms with Gasteiger partial charge in [0.05, 0.1) is 5.69 Å². The molecule has 0 aliphatic heterocycles. The lowest BCUT2D eigenvalue weighted by molar-refractivity contribution is 0.628. The van der Waals surface area contributed by atoms with E-state index in [0.717, 1.165) is 22.4 Å². The van der Waals surface area contributed by atoms with Crippen molar-refractivity contribution < 1.29 is 4.39 Å². The number of halogens is 1. The first-order valence-corrected chi connectivity index (χ1v) is 6.11. The molecule has 0 unspecified atom stereocenters. The molecule has 2 nitrogen and oxygen atoms in total. The number of hydrogen-bond acceptors (Lipinski definition) is 1. The van der Waals surface area contributed by atoms with Crippen LogP contribution in [0.2, 0.25) is 0 Å². The Hall–Kier alpha value is -2.42. The maximum atomic E-state index is 13.0. The topological polar surface area (TPSA) is 17.8 Å². The van der Waals surface area contributed by atoms with Crippen molar-refractivity contribution in [2.75, 3.05) is 0 Å².